The first-order valence-corrected chi connectivity index (χ1v) is 8.09. The SMILES string of the molecule is Cc1ccc(S(=O)(=O)N2C(C)CNCC2C)c(C)c1. The fourth-order valence-electron chi connectivity index (χ4n) is 2.79. The van der Waals surface area contributed by atoms with Crippen molar-refractivity contribution < 1.29 is 8.42 Å². The molecule has 5 heteroatoms. The molecule has 1 aliphatic heterocycles. The standard InChI is InChI=1S/C14H22N2O2S/c1-10-5-6-14(11(2)7-10)19(17,18)16-12(3)8-15-9-13(16)4/h5-7,12-13,15H,8-9H2,1-4H3. The summed E-state index contributed by atoms with van der Waals surface area (Å²) in [5, 5.41) is 3.26. The molecule has 1 aromatic rings. The van der Waals surface area contributed by atoms with Gasteiger partial charge in [-0.1, -0.05) is 17.7 Å². The fraction of sp³-hybridized carbons (Fsp3) is 0.571. The van der Waals surface area contributed by atoms with Crippen LogP contribution in [0.5, 0.6) is 0 Å². The van der Waals surface area contributed by atoms with Crippen LogP contribution in [0.3, 0.4) is 0 Å². The van der Waals surface area contributed by atoms with Gasteiger partial charge in [-0.25, -0.2) is 8.42 Å². The quantitative estimate of drug-likeness (QED) is 0.898. The van der Waals surface area contributed by atoms with Crippen molar-refractivity contribution in [1.29, 1.82) is 0 Å². The first-order valence-electron chi connectivity index (χ1n) is 6.65. The Morgan fingerprint density at radius 3 is 2.26 bits per heavy atom. The third-order valence-corrected chi connectivity index (χ3v) is 5.92. The molecule has 1 aliphatic rings. The maximum Gasteiger partial charge on any atom is 0.243 e. The molecule has 1 aromatic carbocycles. The number of nitrogens with one attached hydrogen (secondary N) is 1. The molecule has 1 saturated heterocycles. The predicted octanol–water partition coefficient (Wildman–Crippen LogP) is 1.67. The first-order chi connectivity index (χ1) is 8.84. The first kappa shape index (κ1) is 14.5. The highest BCUT2D eigenvalue weighted by atomic mass is 32.2. The topological polar surface area (TPSA) is 49.4 Å². The second-order valence-corrected chi connectivity index (χ2v) is 7.27. The Hall–Kier alpha value is -0.910. The Labute approximate surface area is 115 Å². The predicted molar refractivity (Wildman–Crippen MR) is 76.7 cm³/mol. The van der Waals surface area contributed by atoms with Crippen molar-refractivity contribution in [3.63, 3.8) is 0 Å². The van der Waals surface area contributed by atoms with E-state index in [4.69, 9.17) is 0 Å². The van der Waals surface area contributed by atoms with E-state index in [-0.39, 0.29) is 12.1 Å². The van der Waals surface area contributed by atoms with Crippen molar-refractivity contribution >= 4 is 10.0 Å². The Morgan fingerprint density at radius 1 is 1.16 bits per heavy atom. The molecule has 0 amide bonds. The molecular weight excluding hydrogens is 260 g/mol. The highest BCUT2D eigenvalue weighted by Gasteiger charge is 2.36. The van der Waals surface area contributed by atoms with E-state index in [1.54, 1.807) is 10.4 Å². The summed E-state index contributed by atoms with van der Waals surface area (Å²) in [6, 6.07) is 5.47. The number of hydrogen-bond acceptors (Lipinski definition) is 3. The summed E-state index contributed by atoms with van der Waals surface area (Å²) < 4.78 is 27.3. The molecule has 4 nitrogen and oxygen atoms in total. The van der Waals surface area contributed by atoms with Gasteiger partial charge >= 0.3 is 0 Å². The van der Waals surface area contributed by atoms with Crippen LogP contribution in [0, 0.1) is 13.8 Å². The van der Waals surface area contributed by atoms with Crippen molar-refractivity contribution in [2.75, 3.05) is 13.1 Å². The van der Waals surface area contributed by atoms with Crippen molar-refractivity contribution in [1.82, 2.24) is 9.62 Å². The number of aryl methyl sites for hydroxylation is 2. The average Bonchev–Trinajstić information content (AvgIpc) is 2.27. The van der Waals surface area contributed by atoms with Gasteiger partial charge in [-0.15, -0.1) is 0 Å². The van der Waals surface area contributed by atoms with Gasteiger partial charge in [0.2, 0.25) is 10.0 Å². The largest absolute Gasteiger partial charge is 0.314 e. The summed E-state index contributed by atoms with van der Waals surface area (Å²) in [7, 11) is -3.41. The molecular formula is C14H22N2O2S. The summed E-state index contributed by atoms with van der Waals surface area (Å²) in [5.41, 5.74) is 1.90. The Kier molecular flexibility index (Phi) is 3.99. The summed E-state index contributed by atoms with van der Waals surface area (Å²) in [4.78, 5) is 0.429. The van der Waals surface area contributed by atoms with Crippen LogP contribution in [0.25, 0.3) is 0 Å². The molecule has 1 N–H and O–H groups in total. The van der Waals surface area contributed by atoms with Crippen LogP contribution in [-0.2, 0) is 10.0 Å². The minimum Gasteiger partial charge on any atom is -0.314 e. The highest BCUT2D eigenvalue weighted by molar-refractivity contribution is 7.89. The van der Waals surface area contributed by atoms with Crippen LogP contribution in [-0.4, -0.2) is 37.9 Å². The van der Waals surface area contributed by atoms with Crippen molar-refractivity contribution in [2.45, 2.75) is 44.7 Å². The molecule has 1 heterocycles. The van der Waals surface area contributed by atoms with Gasteiger partial charge in [-0.2, -0.15) is 4.31 Å². The lowest BCUT2D eigenvalue weighted by Gasteiger charge is -2.38. The Morgan fingerprint density at radius 2 is 1.74 bits per heavy atom. The lowest BCUT2D eigenvalue weighted by Crippen LogP contribution is -2.57. The number of benzene rings is 1. The van der Waals surface area contributed by atoms with E-state index in [1.807, 2.05) is 39.8 Å². The van der Waals surface area contributed by atoms with Crippen molar-refractivity contribution in [3.8, 4) is 0 Å². The number of hydrogen-bond donors (Lipinski definition) is 1. The molecule has 0 aromatic heterocycles. The van der Waals surface area contributed by atoms with Crippen LogP contribution in [0.4, 0.5) is 0 Å². The molecule has 0 saturated carbocycles. The van der Waals surface area contributed by atoms with Crippen LogP contribution in [0.15, 0.2) is 23.1 Å². The van der Waals surface area contributed by atoms with Gasteiger partial charge in [-0.05, 0) is 39.3 Å². The van der Waals surface area contributed by atoms with Crippen molar-refractivity contribution in [3.05, 3.63) is 29.3 Å². The third kappa shape index (κ3) is 2.68. The molecule has 0 spiro atoms. The molecule has 1 fully saturated rings. The Balaban J connectivity index is 2.46. The summed E-state index contributed by atoms with van der Waals surface area (Å²) in [6.07, 6.45) is 0. The Bertz CT molecular complexity index is 559. The third-order valence-electron chi connectivity index (χ3n) is 3.63. The van der Waals surface area contributed by atoms with E-state index in [0.717, 1.165) is 11.1 Å². The maximum atomic E-state index is 12.8. The molecule has 2 rings (SSSR count). The zero-order valence-corrected chi connectivity index (χ0v) is 12.8. The van der Waals surface area contributed by atoms with Gasteiger partial charge in [0.05, 0.1) is 4.90 Å². The second-order valence-electron chi connectivity index (χ2n) is 5.46. The zero-order chi connectivity index (χ0) is 14.2. The van der Waals surface area contributed by atoms with Gasteiger partial charge in [-0.3, -0.25) is 0 Å². The summed E-state index contributed by atoms with van der Waals surface area (Å²) in [5.74, 6) is 0. The maximum absolute atomic E-state index is 12.8. The summed E-state index contributed by atoms with van der Waals surface area (Å²) in [6.45, 7) is 9.13. The lowest BCUT2D eigenvalue weighted by atomic mass is 10.2. The van der Waals surface area contributed by atoms with Crippen molar-refractivity contribution in [2.24, 2.45) is 0 Å². The van der Waals surface area contributed by atoms with Crippen LogP contribution >= 0.6 is 0 Å². The van der Waals surface area contributed by atoms with Gasteiger partial charge in [0, 0.05) is 25.2 Å². The molecule has 19 heavy (non-hydrogen) atoms. The van der Waals surface area contributed by atoms with E-state index in [9.17, 15) is 8.42 Å². The van der Waals surface area contributed by atoms with Crippen LogP contribution in [0.1, 0.15) is 25.0 Å². The van der Waals surface area contributed by atoms with Gasteiger partial charge in [0.1, 0.15) is 0 Å². The minimum absolute atomic E-state index is 0.0190. The smallest absolute Gasteiger partial charge is 0.243 e. The molecule has 106 valence electrons. The van der Waals surface area contributed by atoms with Crippen LogP contribution < -0.4 is 5.32 Å². The van der Waals surface area contributed by atoms with E-state index >= 15 is 0 Å². The average molecular weight is 282 g/mol. The fourth-order valence-corrected chi connectivity index (χ4v) is 4.82. The molecule has 0 aliphatic carbocycles. The lowest BCUT2D eigenvalue weighted by molar-refractivity contribution is 0.220. The number of rotatable bonds is 2. The minimum atomic E-state index is -3.41. The second kappa shape index (κ2) is 5.23. The monoisotopic (exact) mass is 282 g/mol. The number of sulfonamides is 1. The summed E-state index contributed by atoms with van der Waals surface area (Å²) >= 11 is 0. The van der Waals surface area contributed by atoms with E-state index in [2.05, 4.69) is 5.32 Å². The molecule has 0 radical (unpaired) electrons. The highest BCUT2D eigenvalue weighted by Crippen LogP contribution is 2.25. The van der Waals surface area contributed by atoms with E-state index in [1.165, 1.54) is 0 Å². The van der Waals surface area contributed by atoms with E-state index in [0.29, 0.717) is 18.0 Å². The normalized spacial score (nSPS) is 25.5. The van der Waals surface area contributed by atoms with Gasteiger partial charge < -0.3 is 5.32 Å². The number of piperazine rings is 1. The van der Waals surface area contributed by atoms with Gasteiger partial charge in [0.25, 0.3) is 0 Å². The van der Waals surface area contributed by atoms with Gasteiger partial charge in [0.15, 0.2) is 0 Å². The molecule has 2 atom stereocenters. The molecule has 2 unspecified atom stereocenters. The zero-order valence-electron chi connectivity index (χ0n) is 12.0. The van der Waals surface area contributed by atoms with E-state index < -0.39 is 10.0 Å². The van der Waals surface area contributed by atoms with Crippen LogP contribution in [0.2, 0.25) is 0 Å². The number of nitrogens with zero attached hydrogens (tertiary/aromatic N) is 1. The molecule has 0 bridgehead atoms.